The van der Waals surface area contributed by atoms with Crippen molar-refractivity contribution in [2.75, 3.05) is 5.75 Å². The van der Waals surface area contributed by atoms with E-state index in [2.05, 4.69) is 37.3 Å². The summed E-state index contributed by atoms with van der Waals surface area (Å²) < 4.78 is 2.10. The number of hydrogen-bond acceptors (Lipinski definition) is 6. The fourth-order valence-electron chi connectivity index (χ4n) is 6.90. The lowest BCUT2D eigenvalue weighted by Gasteiger charge is -2.56. The topological polar surface area (TPSA) is 102 Å². The van der Waals surface area contributed by atoms with E-state index in [1.165, 1.54) is 31.0 Å². The van der Waals surface area contributed by atoms with Gasteiger partial charge < -0.3 is 9.88 Å². The lowest BCUT2D eigenvalue weighted by molar-refractivity contribution is -0.117. The fourth-order valence-corrected chi connectivity index (χ4v) is 7.48. The number of fused-ring (bicyclic) bond motifs is 3. The predicted molar refractivity (Wildman–Crippen MR) is 127 cm³/mol. The lowest BCUT2D eigenvalue weighted by atomic mass is 9.53. The maximum Gasteiger partial charge on any atom is 0.321 e. The molecule has 2 heterocycles. The molecule has 172 valence electrons. The van der Waals surface area contributed by atoms with E-state index in [1.807, 2.05) is 24.3 Å². The van der Waals surface area contributed by atoms with Crippen LogP contribution in [-0.4, -0.2) is 43.0 Å². The second-order valence-corrected chi connectivity index (χ2v) is 11.0. The summed E-state index contributed by atoms with van der Waals surface area (Å²) in [5.74, 6) is 1.93. The number of rotatable bonds is 5. The number of para-hydroxylation sites is 1. The Hall–Kier alpha value is -2.68. The highest BCUT2D eigenvalue weighted by Crippen LogP contribution is 2.55. The standard InChI is InChI=1S/C24H28N6O2S/c1-2-30-18-6-4-3-5-17(18)20-21(30)26-23(29-28-20)33-13-19(31)25-22(32)27-24-10-14-7-15(11-24)9-16(8-14)12-24/h3-6,14-16H,2,7-13H2,1H3,(H2,25,27,31,32). The van der Waals surface area contributed by atoms with Crippen molar-refractivity contribution in [3.63, 3.8) is 0 Å². The van der Waals surface area contributed by atoms with Gasteiger partial charge >= 0.3 is 6.03 Å². The number of aryl methyl sites for hydroxylation is 1. The van der Waals surface area contributed by atoms with Gasteiger partial charge in [0.05, 0.1) is 11.3 Å². The van der Waals surface area contributed by atoms with Gasteiger partial charge in [-0.1, -0.05) is 30.0 Å². The Labute approximate surface area is 196 Å². The third kappa shape index (κ3) is 3.76. The molecule has 33 heavy (non-hydrogen) atoms. The van der Waals surface area contributed by atoms with Gasteiger partial charge in [0.2, 0.25) is 11.1 Å². The molecule has 7 rings (SSSR count). The Balaban J connectivity index is 1.10. The molecule has 4 bridgehead atoms. The minimum absolute atomic E-state index is 0.0633. The van der Waals surface area contributed by atoms with E-state index >= 15 is 0 Å². The molecule has 4 saturated carbocycles. The van der Waals surface area contributed by atoms with E-state index in [9.17, 15) is 9.59 Å². The van der Waals surface area contributed by atoms with Crippen molar-refractivity contribution in [3.05, 3.63) is 24.3 Å². The van der Waals surface area contributed by atoms with Gasteiger partial charge in [-0.3, -0.25) is 10.1 Å². The molecule has 0 atom stereocenters. The zero-order valence-corrected chi connectivity index (χ0v) is 19.5. The van der Waals surface area contributed by atoms with Gasteiger partial charge in [0.1, 0.15) is 5.52 Å². The second kappa shape index (κ2) is 7.97. The van der Waals surface area contributed by atoms with Crippen molar-refractivity contribution in [1.29, 1.82) is 0 Å². The van der Waals surface area contributed by atoms with Gasteiger partial charge in [-0.2, -0.15) is 0 Å². The first-order valence-electron chi connectivity index (χ1n) is 11.9. The first-order chi connectivity index (χ1) is 16.0. The summed E-state index contributed by atoms with van der Waals surface area (Å²) in [6.45, 7) is 2.83. The van der Waals surface area contributed by atoms with Crippen LogP contribution in [-0.2, 0) is 11.3 Å². The van der Waals surface area contributed by atoms with Crippen LogP contribution in [0.4, 0.5) is 4.79 Å². The van der Waals surface area contributed by atoms with Crippen LogP contribution in [0.2, 0.25) is 0 Å². The highest BCUT2D eigenvalue weighted by Gasteiger charge is 2.51. The van der Waals surface area contributed by atoms with Crippen LogP contribution in [0, 0.1) is 17.8 Å². The predicted octanol–water partition coefficient (Wildman–Crippen LogP) is 3.89. The van der Waals surface area contributed by atoms with Crippen LogP contribution in [0.3, 0.4) is 0 Å². The van der Waals surface area contributed by atoms with Gasteiger partial charge in [-0.25, -0.2) is 9.78 Å². The Morgan fingerprint density at radius 2 is 1.79 bits per heavy atom. The number of hydrogen-bond donors (Lipinski definition) is 2. The van der Waals surface area contributed by atoms with Gasteiger partial charge in [0.25, 0.3) is 0 Å². The fraction of sp³-hybridized carbons (Fsp3) is 0.542. The van der Waals surface area contributed by atoms with Crippen molar-refractivity contribution in [2.24, 2.45) is 17.8 Å². The van der Waals surface area contributed by atoms with E-state index in [1.54, 1.807) is 0 Å². The molecule has 0 unspecified atom stereocenters. The van der Waals surface area contributed by atoms with Gasteiger partial charge in [-0.15, -0.1) is 10.2 Å². The normalized spacial score (nSPS) is 27.8. The number of aromatic nitrogens is 4. The molecule has 9 heteroatoms. The average molecular weight is 465 g/mol. The first kappa shape index (κ1) is 20.9. The summed E-state index contributed by atoms with van der Waals surface area (Å²) >= 11 is 1.19. The third-order valence-corrected chi connectivity index (χ3v) is 8.51. The highest BCUT2D eigenvalue weighted by molar-refractivity contribution is 7.99. The van der Waals surface area contributed by atoms with Crippen molar-refractivity contribution >= 4 is 45.8 Å². The van der Waals surface area contributed by atoms with Gasteiger partial charge in [0, 0.05) is 17.5 Å². The third-order valence-electron chi connectivity index (χ3n) is 7.67. The minimum atomic E-state index is -0.372. The van der Waals surface area contributed by atoms with E-state index in [0.29, 0.717) is 5.16 Å². The lowest BCUT2D eigenvalue weighted by Crippen LogP contribution is -2.61. The van der Waals surface area contributed by atoms with E-state index in [0.717, 1.165) is 65.6 Å². The Kier molecular flexibility index (Phi) is 5.05. The van der Waals surface area contributed by atoms with Crippen LogP contribution in [0.1, 0.15) is 45.4 Å². The summed E-state index contributed by atoms with van der Waals surface area (Å²) in [6, 6.07) is 7.66. The first-order valence-corrected chi connectivity index (χ1v) is 12.9. The number of carbonyl (C=O) groups excluding carboxylic acids is 2. The number of thioether (sulfide) groups is 1. The largest absolute Gasteiger partial charge is 0.332 e. The van der Waals surface area contributed by atoms with Gasteiger partial charge in [-0.05, 0) is 69.3 Å². The van der Waals surface area contributed by atoms with Crippen LogP contribution in [0.25, 0.3) is 22.1 Å². The molecule has 4 aliphatic carbocycles. The number of imide groups is 1. The van der Waals surface area contributed by atoms with Crippen molar-refractivity contribution < 1.29 is 9.59 Å². The Morgan fingerprint density at radius 1 is 1.09 bits per heavy atom. The molecular weight excluding hydrogens is 436 g/mol. The number of nitrogens with zero attached hydrogens (tertiary/aromatic N) is 4. The van der Waals surface area contributed by atoms with Crippen LogP contribution < -0.4 is 10.6 Å². The Bertz CT molecular complexity index is 1220. The van der Waals surface area contributed by atoms with Crippen LogP contribution in [0.15, 0.2) is 29.4 Å². The molecule has 8 nitrogen and oxygen atoms in total. The molecule has 2 aromatic heterocycles. The number of urea groups is 1. The maximum atomic E-state index is 12.6. The summed E-state index contributed by atoms with van der Waals surface area (Å²) in [5.41, 5.74) is 2.48. The molecule has 4 aliphatic rings. The molecule has 1 aromatic carbocycles. The molecule has 4 fully saturated rings. The van der Waals surface area contributed by atoms with E-state index < -0.39 is 0 Å². The number of benzene rings is 1. The zero-order chi connectivity index (χ0) is 22.6. The van der Waals surface area contributed by atoms with Gasteiger partial charge in [0.15, 0.2) is 5.65 Å². The summed E-state index contributed by atoms with van der Waals surface area (Å²) in [7, 11) is 0. The van der Waals surface area contributed by atoms with Crippen LogP contribution in [0.5, 0.6) is 0 Å². The van der Waals surface area contributed by atoms with Crippen molar-refractivity contribution in [3.8, 4) is 0 Å². The molecule has 0 saturated heterocycles. The number of nitrogens with one attached hydrogen (secondary N) is 2. The minimum Gasteiger partial charge on any atom is -0.332 e. The highest BCUT2D eigenvalue weighted by atomic mass is 32.2. The van der Waals surface area contributed by atoms with Crippen molar-refractivity contribution in [2.45, 2.75) is 62.7 Å². The zero-order valence-electron chi connectivity index (χ0n) is 18.7. The monoisotopic (exact) mass is 464 g/mol. The summed E-state index contributed by atoms with van der Waals surface area (Å²) in [4.78, 5) is 29.7. The summed E-state index contributed by atoms with van der Waals surface area (Å²) in [5, 5.41) is 15.7. The molecule has 0 aliphatic heterocycles. The Morgan fingerprint density at radius 3 is 2.48 bits per heavy atom. The molecule has 0 radical (unpaired) electrons. The molecule has 3 aromatic rings. The second-order valence-electron chi connectivity index (χ2n) is 10.0. The molecular formula is C24H28N6O2S. The van der Waals surface area contributed by atoms with E-state index in [4.69, 9.17) is 0 Å². The smallest absolute Gasteiger partial charge is 0.321 e. The van der Waals surface area contributed by atoms with E-state index in [-0.39, 0.29) is 23.2 Å². The molecule has 3 amide bonds. The summed E-state index contributed by atoms with van der Waals surface area (Å²) in [6.07, 6.45) is 7.11. The number of amides is 3. The van der Waals surface area contributed by atoms with Crippen LogP contribution >= 0.6 is 11.8 Å². The maximum absolute atomic E-state index is 12.6. The van der Waals surface area contributed by atoms with Crippen molar-refractivity contribution in [1.82, 2.24) is 30.4 Å². The quantitative estimate of drug-likeness (QED) is 0.556. The molecule has 0 spiro atoms. The molecule has 2 N–H and O–H groups in total. The number of carbonyl (C=O) groups is 2. The average Bonchev–Trinajstić information content (AvgIpc) is 3.09. The SMILES string of the molecule is CCn1c2ccccc2c2nnc(SCC(=O)NC(=O)NC34CC5CC(CC(C5)C3)C4)nc21.